The van der Waals surface area contributed by atoms with Gasteiger partial charge in [-0.3, -0.25) is 0 Å². The van der Waals surface area contributed by atoms with Crippen LogP contribution < -0.4 is 0 Å². The van der Waals surface area contributed by atoms with Crippen molar-refractivity contribution in [1.29, 1.82) is 0 Å². The molecular weight excluding hydrogens is 162 g/mol. The summed E-state index contributed by atoms with van der Waals surface area (Å²) in [5, 5.41) is 0. The lowest BCUT2D eigenvalue weighted by Gasteiger charge is -2.33. The van der Waals surface area contributed by atoms with Crippen molar-refractivity contribution >= 4 is 0 Å². The molecule has 0 spiro atoms. The quantitative estimate of drug-likeness (QED) is 0.665. The van der Waals surface area contributed by atoms with Crippen LogP contribution in [0, 0.1) is 5.41 Å². The number of hydrogen-bond donors (Lipinski definition) is 0. The summed E-state index contributed by atoms with van der Waals surface area (Å²) in [6.45, 7) is 9.88. The van der Waals surface area contributed by atoms with Gasteiger partial charge in [0.15, 0.2) is 0 Å². The molecule has 0 aliphatic carbocycles. The van der Waals surface area contributed by atoms with Gasteiger partial charge in [0.1, 0.15) is 0 Å². The molecule has 1 saturated heterocycles. The molecule has 2 heteroatoms. The third-order valence-electron chi connectivity index (χ3n) is 3.40. The molecule has 0 N–H and O–H groups in total. The maximum absolute atomic E-state index is 5.51. The molecule has 1 aliphatic heterocycles. The van der Waals surface area contributed by atoms with Crippen LogP contribution in [0.2, 0.25) is 0 Å². The van der Waals surface area contributed by atoms with E-state index in [0.717, 1.165) is 13.2 Å². The summed E-state index contributed by atoms with van der Waals surface area (Å²) in [7, 11) is 2.21. The van der Waals surface area contributed by atoms with Crippen LogP contribution in [-0.2, 0) is 4.74 Å². The van der Waals surface area contributed by atoms with Gasteiger partial charge in [0.25, 0.3) is 0 Å². The average molecular weight is 185 g/mol. The Bertz CT molecular complexity index is 150. The van der Waals surface area contributed by atoms with E-state index in [9.17, 15) is 0 Å². The van der Waals surface area contributed by atoms with Gasteiger partial charge in [-0.05, 0) is 33.7 Å². The number of ether oxygens (including phenoxy) is 1. The third kappa shape index (κ3) is 2.68. The molecular formula is C11H23NO. The number of rotatable bonds is 4. The minimum Gasteiger partial charge on any atom is -0.381 e. The molecule has 1 fully saturated rings. The monoisotopic (exact) mass is 185 g/mol. The van der Waals surface area contributed by atoms with Gasteiger partial charge in [0, 0.05) is 24.6 Å². The van der Waals surface area contributed by atoms with Gasteiger partial charge in [-0.1, -0.05) is 6.92 Å². The molecule has 0 aromatic heterocycles. The fourth-order valence-electron chi connectivity index (χ4n) is 1.88. The van der Waals surface area contributed by atoms with Crippen LogP contribution in [0.5, 0.6) is 0 Å². The van der Waals surface area contributed by atoms with Crippen LogP contribution in [0.4, 0.5) is 0 Å². The minimum atomic E-state index is 0.443. The Labute approximate surface area is 82.3 Å². The summed E-state index contributed by atoms with van der Waals surface area (Å²) in [6.07, 6.45) is 2.48. The van der Waals surface area contributed by atoms with Gasteiger partial charge in [-0.15, -0.1) is 0 Å². The maximum atomic E-state index is 5.51. The molecule has 0 amide bonds. The molecule has 0 saturated carbocycles. The Morgan fingerprint density at radius 3 is 2.54 bits per heavy atom. The molecule has 1 unspecified atom stereocenters. The topological polar surface area (TPSA) is 12.5 Å². The molecule has 0 bridgehead atoms. The zero-order valence-corrected chi connectivity index (χ0v) is 9.47. The molecule has 1 aliphatic rings. The standard InChI is InChI=1S/C11H23NO/c1-5-11(6-7-13-9-11)8-12(4)10(2)3/h10H,5-9H2,1-4H3. The second-order valence-electron chi connectivity index (χ2n) is 4.67. The lowest BCUT2D eigenvalue weighted by atomic mass is 9.84. The van der Waals surface area contributed by atoms with Crippen LogP contribution in [-0.4, -0.2) is 37.7 Å². The first-order chi connectivity index (χ1) is 6.09. The van der Waals surface area contributed by atoms with E-state index in [1.54, 1.807) is 0 Å². The van der Waals surface area contributed by atoms with E-state index in [1.807, 2.05) is 0 Å². The normalized spacial score (nSPS) is 29.1. The van der Waals surface area contributed by atoms with Crippen molar-refractivity contribution in [2.45, 2.75) is 39.7 Å². The highest BCUT2D eigenvalue weighted by Crippen LogP contribution is 2.33. The molecule has 78 valence electrons. The Kier molecular flexibility index (Phi) is 3.74. The van der Waals surface area contributed by atoms with E-state index in [1.165, 1.54) is 19.4 Å². The second-order valence-corrected chi connectivity index (χ2v) is 4.67. The fourth-order valence-corrected chi connectivity index (χ4v) is 1.88. The van der Waals surface area contributed by atoms with Crippen molar-refractivity contribution in [1.82, 2.24) is 4.90 Å². The lowest BCUT2D eigenvalue weighted by molar-refractivity contribution is 0.106. The Hall–Kier alpha value is -0.0800. The van der Waals surface area contributed by atoms with Crippen molar-refractivity contribution in [3.63, 3.8) is 0 Å². The maximum Gasteiger partial charge on any atom is 0.0535 e. The van der Waals surface area contributed by atoms with E-state index in [2.05, 4.69) is 32.7 Å². The molecule has 13 heavy (non-hydrogen) atoms. The largest absolute Gasteiger partial charge is 0.381 e. The Morgan fingerprint density at radius 2 is 2.15 bits per heavy atom. The third-order valence-corrected chi connectivity index (χ3v) is 3.40. The first-order valence-corrected chi connectivity index (χ1v) is 5.38. The van der Waals surface area contributed by atoms with E-state index in [4.69, 9.17) is 4.74 Å². The van der Waals surface area contributed by atoms with Crippen LogP contribution in [0.25, 0.3) is 0 Å². The SMILES string of the molecule is CCC1(CN(C)C(C)C)CCOC1. The minimum absolute atomic E-state index is 0.443. The highest BCUT2D eigenvalue weighted by atomic mass is 16.5. The van der Waals surface area contributed by atoms with Crippen molar-refractivity contribution in [3.8, 4) is 0 Å². The Balaban J connectivity index is 2.48. The molecule has 0 aromatic rings. The van der Waals surface area contributed by atoms with E-state index in [-0.39, 0.29) is 0 Å². The average Bonchev–Trinajstić information content (AvgIpc) is 2.54. The van der Waals surface area contributed by atoms with Gasteiger partial charge in [-0.2, -0.15) is 0 Å². The first-order valence-electron chi connectivity index (χ1n) is 5.38. The molecule has 1 rings (SSSR count). The van der Waals surface area contributed by atoms with Gasteiger partial charge in [0.2, 0.25) is 0 Å². The smallest absolute Gasteiger partial charge is 0.0535 e. The molecule has 1 heterocycles. The highest BCUT2D eigenvalue weighted by Gasteiger charge is 2.34. The Morgan fingerprint density at radius 1 is 1.46 bits per heavy atom. The van der Waals surface area contributed by atoms with E-state index < -0.39 is 0 Å². The van der Waals surface area contributed by atoms with Crippen LogP contribution in [0.1, 0.15) is 33.6 Å². The molecule has 0 aromatic carbocycles. The number of hydrogen-bond acceptors (Lipinski definition) is 2. The summed E-state index contributed by atoms with van der Waals surface area (Å²) >= 11 is 0. The van der Waals surface area contributed by atoms with Crippen molar-refractivity contribution in [2.75, 3.05) is 26.8 Å². The zero-order valence-electron chi connectivity index (χ0n) is 9.47. The summed E-state index contributed by atoms with van der Waals surface area (Å²) in [5.41, 5.74) is 0.443. The highest BCUT2D eigenvalue weighted by molar-refractivity contribution is 4.85. The zero-order chi connectivity index (χ0) is 9.90. The van der Waals surface area contributed by atoms with E-state index in [0.29, 0.717) is 11.5 Å². The predicted molar refractivity (Wildman–Crippen MR) is 55.9 cm³/mol. The first kappa shape index (κ1) is 11.0. The van der Waals surface area contributed by atoms with Gasteiger partial charge in [0.05, 0.1) is 6.61 Å². The summed E-state index contributed by atoms with van der Waals surface area (Å²) < 4.78 is 5.51. The van der Waals surface area contributed by atoms with E-state index >= 15 is 0 Å². The number of nitrogens with zero attached hydrogens (tertiary/aromatic N) is 1. The van der Waals surface area contributed by atoms with Crippen molar-refractivity contribution in [2.24, 2.45) is 5.41 Å². The summed E-state index contributed by atoms with van der Waals surface area (Å²) in [5.74, 6) is 0. The predicted octanol–water partition coefficient (Wildman–Crippen LogP) is 2.14. The summed E-state index contributed by atoms with van der Waals surface area (Å²) in [4.78, 5) is 2.43. The van der Waals surface area contributed by atoms with Crippen molar-refractivity contribution in [3.05, 3.63) is 0 Å². The second kappa shape index (κ2) is 4.43. The van der Waals surface area contributed by atoms with Crippen molar-refractivity contribution < 1.29 is 4.74 Å². The van der Waals surface area contributed by atoms with Gasteiger partial charge < -0.3 is 9.64 Å². The molecule has 2 nitrogen and oxygen atoms in total. The summed E-state index contributed by atoms with van der Waals surface area (Å²) in [6, 6.07) is 0.643. The van der Waals surface area contributed by atoms with Gasteiger partial charge in [-0.25, -0.2) is 0 Å². The molecule has 1 atom stereocenters. The lowest BCUT2D eigenvalue weighted by Crippen LogP contribution is -2.39. The fraction of sp³-hybridized carbons (Fsp3) is 1.00. The molecule has 0 radical (unpaired) electrons. The van der Waals surface area contributed by atoms with Crippen LogP contribution >= 0.6 is 0 Å². The van der Waals surface area contributed by atoms with Crippen LogP contribution in [0.15, 0.2) is 0 Å². The van der Waals surface area contributed by atoms with Crippen LogP contribution in [0.3, 0.4) is 0 Å². The van der Waals surface area contributed by atoms with Gasteiger partial charge >= 0.3 is 0 Å².